The Labute approximate surface area is 475 Å². The molecule has 1 saturated carbocycles. The lowest BCUT2D eigenvalue weighted by atomic mass is 9.86. The topological polar surface area (TPSA) is 29.1 Å². The van der Waals surface area contributed by atoms with Crippen molar-refractivity contribution < 1.29 is 4.79 Å². The Morgan fingerprint density at radius 1 is 0.329 bits per heavy atom. The summed E-state index contributed by atoms with van der Waals surface area (Å²) >= 11 is 0. The molecule has 0 saturated heterocycles. The van der Waals surface area contributed by atoms with Gasteiger partial charge in [0.1, 0.15) is 0 Å². The van der Waals surface area contributed by atoms with Crippen LogP contribution in [-0.4, -0.2) is 5.91 Å². The number of carbonyl (C=O) groups is 1. The number of carbonyl (C=O) groups excluding carboxylic acids is 1. The molecule has 7 aromatic rings. The van der Waals surface area contributed by atoms with Crippen molar-refractivity contribution in [1.29, 1.82) is 0 Å². The van der Waals surface area contributed by atoms with Crippen LogP contribution in [0.1, 0.15) is 203 Å². The molecule has 0 heterocycles. The van der Waals surface area contributed by atoms with Gasteiger partial charge in [-0.05, 0) is 184 Å². The van der Waals surface area contributed by atoms with E-state index in [0.717, 1.165) is 75.8 Å². The fourth-order valence-electron chi connectivity index (χ4n) is 10.1. The highest BCUT2D eigenvalue weighted by molar-refractivity contribution is 5.83. The van der Waals surface area contributed by atoms with Crippen LogP contribution >= 0.6 is 0 Å². The predicted molar refractivity (Wildman–Crippen MR) is 347 cm³/mol. The van der Waals surface area contributed by atoms with Gasteiger partial charge >= 0.3 is 0 Å². The minimum absolute atomic E-state index is 0.101. The van der Waals surface area contributed by atoms with E-state index in [9.17, 15) is 4.79 Å². The van der Waals surface area contributed by atoms with Gasteiger partial charge in [0.25, 0.3) is 0 Å². The van der Waals surface area contributed by atoms with Gasteiger partial charge < -0.3 is 5.32 Å². The van der Waals surface area contributed by atoms with Crippen molar-refractivity contribution in [1.82, 2.24) is 5.32 Å². The summed E-state index contributed by atoms with van der Waals surface area (Å²) < 4.78 is 0. The second-order valence-electron chi connectivity index (χ2n) is 26.1. The molecule has 1 amide bonds. The summed E-state index contributed by atoms with van der Waals surface area (Å²) in [6.07, 6.45) is 30.8. The quantitative estimate of drug-likeness (QED) is 0.102. The Bertz CT molecular complexity index is 2990. The van der Waals surface area contributed by atoms with E-state index in [1.165, 1.54) is 44.5 Å². The number of rotatable bonds is 15. The molecule has 1 aliphatic carbocycles. The van der Waals surface area contributed by atoms with Gasteiger partial charge in [0.15, 0.2) is 0 Å². The van der Waals surface area contributed by atoms with E-state index < -0.39 is 0 Å². The number of hydrogen-bond donors (Lipinski definition) is 1. The van der Waals surface area contributed by atoms with Gasteiger partial charge in [-0.25, -0.2) is 0 Å². The molecule has 1 fully saturated rings. The molecular formula is C77H85NO. The summed E-state index contributed by atoms with van der Waals surface area (Å²) in [5.74, 6) is 0.269. The molecule has 404 valence electrons. The first-order valence-corrected chi connectivity index (χ1v) is 28.7. The minimum atomic E-state index is 0.101. The van der Waals surface area contributed by atoms with E-state index in [0.29, 0.717) is 6.54 Å². The van der Waals surface area contributed by atoms with Gasteiger partial charge in [-0.3, -0.25) is 4.79 Å². The Balaban J connectivity index is 1.13. The third-order valence-corrected chi connectivity index (χ3v) is 15.1. The van der Waals surface area contributed by atoms with E-state index in [1.54, 1.807) is 0 Å². The molecule has 8 rings (SSSR count). The number of nitrogens with one attached hydrogen (secondary N) is 1. The first-order valence-electron chi connectivity index (χ1n) is 28.7. The van der Waals surface area contributed by atoms with Crippen LogP contribution in [0.5, 0.6) is 0 Å². The Kier molecular flexibility index (Phi) is 18.3. The lowest BCUT2D eigenvalue weighted by molar-refractivity contribution is -0.124. The predicted octanol–water partition coefficient (Wildman–Crippen LogP) is 20.7. The van der Waals surface area contributed by atoms with Crippen LogP contribution in [0, 0.1) is 5.92 Å². The smallest absolute Gasteiger partial charge is 0.223 e. The zero-order valence-electron chi connectivity index (χ0n) is 49.4. The molecule has 0 radical (unpaired) electrons. The molecule has 79 heavy (non-hydrogen) atoms. The molecule has 0 spiro atoms. The largest absolute Gasteiger partial charge is 0.352 e. The zero-order chi connectivity index (χ0) is 56.4. The standard InChI is InChI=1S/C77H85NO/c1-74(2,3)69-37-29-55(30-38-69)17-21-59-45-60(22-18-56-31-39-70(40-32-56)75(4,5)6)48-63(47-59)25-27-65-51-66(53-67(52-65)54-78-73(79)68-15-13-14-16-68)28-26-64-49-61(23-19-57-33-41-71(42-34-57)76(7,8)9)46-62(50-64)24-20-58-35-43-72(44-36-58)77(10,11)12/h17-53,68H,13-16,54H2,1-12H3,(H,78,79). The van der Waals surface area contributed by atoms with Crippen LogP contribution in [0.15, 0.2) is 152 Å². The number of hydrogen-bond acceptors (Lipinski definition) is 1. The average molecular weight is 1040 g/mol. The highest BCUT2D eigenvalue weighted by Crippen LogP contribution is 2.29. The maximum absolute atomic E-state index is 13.4. The first kappa shape index (κ1) is 57.6. The summed E-state index contributed by atoms with van der Waals surface area (Å²) in [6, 6.07) is 55.8. The summed E-state index contributed by atoms with van der Waals surface area (Å²) in [4.78, 5) is 13.4. The summed E-state index contributed by atoms with van der Waals surface area (Å²) in [7, 11) is 0. The Morgan fingerprint density at radius 3 is 0.747 bits per heavy atom. The monoisotopic (exact) mass is 1040 g/mol. The van der Waals surface area contributed by atoms with Crippen molar-refractivity contribution in [3.63, 3.8) is 0 Å². The van der Waals surface area contributed by atoms with E-state index in [4.69, 9.17) is 0 Å². The fourth-order valence-corrected chi connectivity index (χ4v) is 10.1. The molecule has 1 N–H and O–H groups in total. The average Bonchev–Trinajstić information content (AvgIpc) is 3.98. The highest BCUT2D eigenvalue weighted by atomic mass is 16.1. The minimum Gasteiger partial charge on any atom is -0.352 e. The van der Waals surface area contributed by atoms with Gasteiger partial charge in [-0.2, -0.15) is 0 Å². The van der Waals surface area contributed by atoms with Crippen LogP contribution in [0.4, 0.5) is 0 Å². The third kappa shape index (κ3) is 17.2. The molecule has 0 bridgehead atoms. The van der Waals surface area contributed by atoms with Gasteiger partial charge in [-0.15, -0.1) is 0 Å². The molecule has 2 nitrogen and oxygen atoms in total. The van der Waals surface area contributed by atoms with E-state index in [1.807, 2.05) is 0 Å². The van der Waals surface area contributed by atoms with Gasteiger partial charge in [0.2, 0.25) is 5.91 Å². The molecule has 0 aliphatic heterocycles. The first-order chi connectivity index (χ1) is 37.5. The van der Waals surface area contributed by atoms with Crippen LogP contribution in [0.3, 0.4) is 0 Å². The lowest BCUT2D eigenvalue weighted by Crippen LogP contribution is -2.28. The van der Waals surface area contributed by atoms with Crippen LogP contribution in [-0.2, 0) is 33.0 Å². The van der Waals surface area contributed by atoms with Crippen molar-refractivity contribution in [2.75, 3.05) is 0 Å². The second-order valence-corrected chi connectivity index (χ2v) is 26.1. The molecule has 0 atom stereocenters. The number of amides is 1. The third-order valence-electron chi connectivity index (χ3n) is 15.1. The highest BCUT2D eigenvalue weighted by Gasteiger charge is 2.22. The van der Waals surface area contributed by atoms with Crippen molar-refractivity contribution in [3.8, 4) is 0 Å². The number of benzene rings is 7. The summed E-state index contributed by atoms with van der Waals surface area (Å²) in [6.45, 7) is 27.5. The lowest BCUT2D eigenvalue weighted by Gasteiger charge is -2.18. The van der Waals surface area contributed by atoms with Crippen LogP contribution < -0.4 is 5.32 Å². The molecule has 0 aromatic heterocycles. The zero-order valence-corrected chi connectivity index (χ0v) is 49.4. The van der Waals surface area contributed by atoms with E-state index >= 15 is 0 Å². The van der Waals surface area contributed by atoms with E-state index in [2.05, 4.69) is 313 Å². The summed E-state index contributed by atoms with van der Waals surface area (Å²) in [5, 5.41) is 3.31. The maximum atomic E-state index is 13.4. The van der Waals surface area contributed by atoms with Crippen molar-refractivity contribution in [2.45, 2.75) is 137 Å². The van der Waals surface area contributed by atoms with Gasteiger partial charge in [0.05, 0.1) is 0 Å². The van der Waals surface area contributed by atoms with Gasteiger partial charge in [0, 0.05) is 12.5 Å². The fraction of sp³-hybridized carbons (Fsp3) is 0.286. The Morgan fingerprint density at radius 2 is 0.532 bits per heavy atom. The summed E-state index contributed by atoms with van der Waals surface area (Å²) in [5.41, 5.74) is 20.3. The van der Waals surface area contributed by atoms with Crippen LogP contribution in [0.2, 0.25) is 0 Å². The van der Waals surface area contributed by atoms with Crippen molar-refractivity contribution in [3.05, 3.63) is 246 Å². The normalized spacial score (nSPS) is 14.1. The molecule has 2 heteroatoms. The molecule has 0 unspecified atom stereocenters. The van der Waals surface area contributed by atoms with E-state index in [-0.39, 0.29) is 33.5 Å². The van der Waals surface area contributed by atoms with Crippen molar-refractivity contribution in [2.24, 2.45) is 5.92 Å². The Hall–Kier alpha value is -7.55. The van der Waals surface area contributed by atoms with Crippen molar-refractivity contribution >= 4 is 78.8 Å². The SMILES string of the molecule is CC(C)(C)c1ccc(C=Cc2cc(C=Cc3ccc(C(C)(C)C)cc3)cc(C=Cc3cc(C=Cc4cc(C=Cc5ccc(C(C)(C)C)cc5)cc(C=Cc5ccc(C(C)(C)C)cc5)c4)cc(CNC(=O)C4CCCC4)c3)c2)cc1. The van der Waals surface area contributed by atoms with Gasteiger partial charge in [-0.1, -0.05) is 266 Å². The molecule has 1 aliphatic rings. The second kappa shape index (κ2) is 25.1. The van der Waals surface area contributed by atoms with Crippen LogP contribution in [0.25, 0.3) is 72.9 Å². The molecular weight excluding hydrogens is 955 g/mol. The molecule has 7 aromatic carbocycles. The maximum Gasteiger partial charge on any atom is 0.223 e.